The van der Waals surface area contributed by atoms with Crippen LogP contribution in [-0.4, -0.2) is 61.6 Å². The molecule has 136 valence electrons. The number of carbonyl (C=O) groups is 1. The molecule has 4 aromatic rings. The molecule has 1 aliphatic rings. The fourth-order valence-corrected chi connectivity index (χ4v) is 3.68. The van der Waals surface area contributed by atoms with E-state index in [0.29, 0.717) is 13.1 Å². The second-order valence-corrected chi connectivity index (χ2v) is 6.75. The first-order chi connectivity index (χ1) is 13.2. The van der Waals surface area contributed by atoms with E-state index in [2.05, 4.69) is 41.6 Å². The smallest absolute Gasteiger partial charge is 0.219 e. The zero-order chi connectivity index (χ0) is 18.4. The molecule has 1 fully saturated rings. The number of anilines is 1. The normalized spacial score (nSPS) is 15.0. The number of rotatable bonds is 2. The molecule has 0 unspecified atom stereocenters. The van der Waals surface area contributed by atoms with Gasteiger partial charge in [-0.1, -0.05) is 6.07 Å². The van der Waals surface area contributed by atoms with Gasteiger partial charge in [-0.15, -0.1) is 0 Å². The van der Waals surface area contributed by atoms with Crippen molar-refractivity contribution >= 4 is 28.3 Å². The topological polar surface area (TPSA) is 82.4 Å². The summed E-state index contributed by atoms with van der Waals surface area (Å²) >= 11 is 0. The summed E-state index contributed by atoms with van der Waals surface area (Å²) in [6, 6.07) is 6.20. The first-order valence-corrected chi connectivity index (χ1v) is 8.97. The number of benzene rings is 1. The lowest BCUT2D eigenvalue weighted by Crippen LogP contribution is -2.48. The molecule has 0 spiro atoms. The molecule has 1 saturated heterocycles. The van der Waals surface area contributed by atoms with Crippen molar-refractivity contribution in [2.75, 3.05) is 31.1 Å². The number of hydrogen-bond acceptors (Lipinski definition) is 5. The highest BCUT2D eigenvalue weighted by Gasteiger charge is 2.22. The number of piperazine rings is 1. The molecule has 1 aliphatic heterocycles. The van der Waals surface area contributed by atoms with Crippen molar-refractivity contribution in [3.05, 3.63) is 43.0 Å². The fraction of sp³-hybridized carbons (Fsp3) is 0.263. The Morgan fingerprint density at radius 1 is 1.11 bits per heavy atom. The van der Waals surface area contributed by atoms with Crippen molar-refractivity contribution in [2.24, 2.45) is 0 Å². The van der Waals surface area contributed by atoms with Gasteiger partial charge >= 0.3 is 0 Å². The zero-order valence-electron chi connectivity index (χ0n) is 15.0. The summed E-state index contributed by atoms with van der Waals surface area (Å²) < 4.78 is 2.07. The van der Waals surface area contributed by atoms with E-state index >= 15 is 0 Å². The van der Waals surface area contributed by atoms with Gasteiger partial charge in [0.2, 0.25) is 5.91 Å². The van der Waals surface area contributed by atoms with Crippen molar-refractivity contribution in [1.29, 1.82) is 0 Å². The van der Waals surface area contributed by atoms with Crippen LogP contribution < -0.4 is 4.90 Å². The van der Waals surface area contributed by atoms with E-state index in [1.807, 2.05) is 29.6 Å². The number of nitrogens with zero attached hydrogens (tertiary/aromatic N) is 6. The summed E-state index contributed by atoms with van der Waals surface area (Å²) in [6.45, 7) is 4.56. The number of carbonyl (C=O) groups excluding carboxylic acids is 1. The standard InChI is InChI=1S/C19H19N7O/c1-13(27)24-6-8-25(9-7-24)18-19-21-12-17(26(19)5-4-20-18)14-2-3-16-15(10-14)11-22-23-16/h2-5,10-12H,6-9H2,1H3,(H,22,23). The molecule has 0 bridgehead atoms. The van der Waals surface area contributed by atoms with Gasteiger partial charge in [0.25, 0.3) is 0 Å². The molecule has 0 atom stereocenters. The van der Waals surface area contributed by atoms with Crippen LogP contribution in [0.15, 0.2) is 43.0 Å². The maximum absolute atomic E-state index is 11.6. The van der Waals surface area contributed by atoms with Gasteiger partial charge < -0.3 is 9.80 Å². The second kappa shape index (κ2) is 6.08. The highest BCUT2D eigenvalue weighted by molar-refractivity contribution is 5.84. The molecule has 4 heterocycles. The molecule has 1 N–H and O–H groups in total. The number of nitrogens with one attached hydrogen (secondary N) is 1. The fourth-order valence-electron chi connectivity index (χ4n) is 3.68. The molecule has 0 saturated carbocycles. The van der Waals surface area contributed by atoms with E-state index in [9.17, 15) is 4.79 Å². The number of amides is 1. The Bertz CT molecular complexity index is 1140. The SMILES string of the molecule is CC(=O)N1CCN(c2nccn3c(-c4ccc5[nH]ncc5c4)cnc23)CC1. The van der Waals surface area contributed by atoms with Crippen molar-refractivity contribution in [1.82, 2.24) is 29.5 Å². The summed E-state index contributed by atoms with van der Waals surface area (Å²) in [5, 5.41) is 8.13. The number of aromatic nitrogens is 5. The number of hydrogen-bond donors (Lipinski definition) is 1. The van der Waals surface area contributed by atoms with Crippen LogP contribution in [0.5, 0.6) is 0 Å². The van der Waals surface area contributed by atoms with Gasteiger partial charge in [-0.3, -0.25) is 14.3 Å². The van der Waals surface area contributed by atoms with E-state index in [1.54, 1.807) is 13.1 Å². The van der Waals surface area contributed by atoms with Crippen molar-refractivity contribution in [3.8, 4) is 11.3 Å². The monoisotopic (exact) mass is 361 g/mol. The maximum atomic E-state index is 11.6. The van der Waals surface area contributed by atoms with Gasteiger partial charge in [0, 0.05) is 56.4 Å². The van der Waals surface area contributed by atoms with Crippen LogP contribution in [0.2, 0.25) is 0 Å². The highest BCUT2D eigenvalue weighted by atomic mass is 16.2. The highest BCUT2D eigenvalue weighted by Crippen LogP contribution is 2.27. The van der Waals surface area contributed by atoms with Crippen molar-refractivity contribution in [2.45, 2.75) is 6.92 Å². The third-order valence-corrected chi connectivity index (χ3v) is 5.17. The Morgan fingerprint density at radius 3 is 2.78 bits per heavy atom. The third-order valence-electron chi connectivity index (χ3n) is 5.17. The Labute approximate surface area is 155 Å². The van der Waals surface area contributed by atoms with Crippen LogP contribution in [0.4, 0.5) is 5.82 Å². The van der Waals surface area contributed by atoms with Gasteiger partial charge in [0.05, 0.1) is 23.6 Å². The molecule has 1 amide bonds. The molecule has 0 aliphatic carbocycles. The largest absolute Gasteiger partial charge is 0.350 e. The van der Waals surface area contributed by atoms with E-state index in [-0.39, 0.29) is 5.91 Å². The Balaban J connectivity index is 1.52. The average Bonchev–Trinajstić information content (AvgIpc) is 3.34. The zero-order valence-corrected chi connectivity index (χ0v) is 15.0. The van der Waals surface area contributed by atoms with Gasteiger partial charge in [-0.25, -0.2) is 9.97 Å². The summed E-state index contributed by atoms with van der Waals surface area (Å²) in [5.41, 5.74) is 3.93. The van der Waals surface area contributed by atoms with Crippen LogP contribution in [0, 0.1) is 0 Å². The van der Waals surface area contributed by atoms with Crippen LogP contribution in [0.1, 0.15) is 6.92 Å². The van der Waals surface area contributed by atoms with E-state index in [1.165, 1.54) is 0 Å². The Morgan fingerprint density at radius 2 is 1.96 bits per heavy atom. The Hall–Kier alpha value is -3.42. The molecule has 3 aromatic heterocycles. The number of imidazole rings is 1. The number of H-pyrrole nitrogens is 1. The van der Waals surface area contributed by atoms with Gasteiger partial charge in [-0.2, -0.15) is 5.10 Å². The molecule has 0 radical (unpaired) electrons. The predicted molar refractivity (Wildman–Crippen MR) is 103 cm³/mol. The van der Waals surface area contributed by atoms with Crippen molar-refractivity contribution < 1.29 is 4.79 Å². The van der Waals surface area contributed by atoms with Crippen LogP contribution in [0.25, 0.3) is 27.8 Å². The molecule has 8 heteroatoms. The van der Waals surface area contributed by atoms with Gasteiger partial charge in [0.1, 0.15) is 0 Å². The summed E-state index contributed by atoms with van der Waals surface area (Å²) in [4.78, 5) is 24.8. The van der Waals surface area contributed by atoms with E-state index < -0.39 is 0 Å². The number of fused-ring (bicyclic) bond motifs is 2. The van der Waals surface area contributed by atoms with Crippen LogP contribution in [0.3, 0.4) is 0 Å². The lowest BCUT2D eigenvalue weighted by Gasteiger charge is -2.34. The lowest BCUT2D eigenvalue weighted by molar-refractivity contribution is -0.129. The maximum Gasteiger partial charge on any atom is 0.219 e. The molecule has 5 rings (SSSR count). The second-order valence-electron chi connectivity index (χ2n) is 6.75. The van der Waals surface area contributed by atoms with Crippen molar-refractivity contribution in [3.63, 3.8) is 0 Å². The molecule has 27 heavy (non-hydrogen) atoms. The molecule has 1 aromatic carbocycles. The van der Waals surface area contributed by atoms with Gasteiger partial charge in [-0.05, 0) is 12.1 Å². The first-order valence-electron chi connectivity index (χ1n) is 8.97. The molecular formula is C19H19N7O. The predicted octanol–water partition coefficient (Wildman–Crippen LogP) is 1.94. The minimum absolute atomic E-state index is 0.124. The minimum Gasteiger partial charge on any atom is -0.350 e. The minimum atomic E-state index is 0.124. The summed E-state index contributed by atoms with van der Waals surface area (Å²) in [7, 11) is 0. The summed E-state index contributed by atoms with van der Waals surface area (Å²) in [5.74, 6) is 0.981. The first kappa shape index (κ1) is 15.8. The van der Waals surface area contributed by atoms with Gasteiger partial charge in [0.15, 0.2) is 11.5 Å². The quantitative estimate of drug-likeness (QED) is 0.590. The average molecular weight is 361 g/mol. The Kier molecular flexibility index (Phi) is 3.56. The lowest BCUT2D eigenvalue weighted by atomic mass is 10.1. The van der Waals surface area contributed by atoms with Crippen LogP contribution in [-0.2, 0) is 4.79 Å². The third kappa shape index (κ3) is 2.61. The van der Waals surface area contributed by atoms with E-state index in [0.717, 1.165) is 46.7 Å². The van der Waals surface area contributed by atoms with E-state index in [4.69, 9.17) is 0 Å². The molecule has 8 nitrogen and oxygen atoms in total. The van der Waals surface area contributed by atoms with Crippen LogP contribution >= 0.6 is 0 Å². The summed E-state index contributed by atoms with van der Waals surface area (Å²) in [6.07, 6.45) is 7.45. The number of aromatic amines is 1. The molecular weight excluding hydrogens is 342 g/mol.